The molecule has 0 amide bonds. The van der Waals surface area contributed by atoms with Gasteiger partial charge in [0.2, 0.25) is 0 Å². The standard InChI is InChI=1S/C11H12F3NO2/c1-3-17-10(16)5-9-7(11(13)14)4-8(12)6(2)15-9/h4,11H,3,5H2,1-2H3. The highest BCUT2D eigenvalue weighted by Crippen LogP contribution is 2.24. The molecule has 0 aromatic carbocycles. The number of aryl methyl sites for hydroxylation is 1. The van der Waals surface area contributed by atoms with E-state index in [4.69, 9.17) is 0 Å². The number of hydrogen-bond donors (Lipinski definition) is 0. The number of nitrogens with zero attached hydrogens (tertiary/aromatic N) is 1. The third-order valence-corrected chi connectivity index (χ3v) is 2.12. The van der Waals surface area contributed by atoms with Crippen LogP contribution in [-0.2, 0) is 16.0 Å². The van der Waals surface area contributed by atoms with Crippen molar-refractivity contribution in [3.8, 4) is 0 Å². The first-order valence-electron chi connectivity index (χ1n) is 5.05. The maximum absolute atomic E-state index is 13.1. The smallest absolute Gasteiger partial charge is 0.311 e. The SMILES string of the molecule is CCOC(=O)Cc1nc(C)c(F)cc1C(F)F. The normalized spacial score (nSPS) is 10.7. The van der Waals surface area contributed by atoms with Crippen LogP contribution < -0.4 is 0 Å². The zero-order chi connectivity index (χ0) is 13.0. The van der Waals surface area contributed by atoms with Crippen molar-refractivity contribution in [2.24, 2.45) is 0 Å². The molecule has 1 heterocycles. The van der Waals surface area contributed by atoms with Gasteiger partial charge in [-0.3, -0.25) is 9.78 Å². The van der Waals surface area contributed by atoms with E-state index in [1.165, 1.54) is 6.92 Å². The maximum atomic E-state index is 13.1. The lowest BCUT2D eigenvalue weighted by Crippen LogP contribution is -2.12. The predicted octanol–water partition coefficient (Wildman–Crippen LogP) is 2.57. The Morgan fingerprint density at radius 2 is 2.18 bits per heavy atom. The van der Waals surface area contributed by atoms with Crippen molar-refractivity contribution < 1.29 is 22.7 Å². The van der Waals surface area contributed by atoms with Crippen LogP contribution in [-0.4, -0.2) is 17.6 Å². The molecule has 1 aromatic rings. The summed E-state index contributed by atoms with van der Waals surface area (Å²) < 4.78 is 43.0. The quantitative estimate of drug-likeness (QED) is 0.767. The molecule has 0 saturated carbocycles. The summed E-state index contributed by atoms with van der Waals surface area (Å²) in [5.74, 6) is -1.47. The zero-order valence-corrected chi connectivity index (χ0v) is 9.47. The van der Waals surface area contributed by atoms with Crippen LogP contribution in [0.5, 0.6) is 0 Å². The van der Waals surface area contributed by atoms with Crippen LogP contribution in [0.4, 0.5) is 13.2 Å². The summed E-state index contributed by atoms with van der Waals surface area (Å²) in [6.07, 6.45) is -3.25. The van der Waals surface area contributed by atoms with Crippen LogP contribution in [0.1, 0.15) is 30.3 Å². The lowest BCUT2D eigenvalue weighted by Gasteiger charge is -2.09. The van der Waals surface area contributed by atoms with E-state index in [-0.39, 0.29) is 24.4 Å². The van der Waals surface area contributed by atoms with Crippen LogP contribution in [0.15, 0.2) is 6.07 Å². The van der Waals surface area contributed by atoms with Crippen molar-refractivity contribution in [1.82, 2.24) is 4.98 Å². The Hall–Kier alpha value is -1.59. The number of esters is 1. The van der Waals surface area contributed by atoms with Crippen LogP contribution in [0.3, 0.4) is 0 Å². The molecule has 0 N–H and O–H groups in total. The molecule has 0 aliphatic rings. The van der Waals surface area contributed by atoms with Crippen molar-refractivity contribution in [2.75, 3.05) is 6.61 Å². The molecule has 0 bridgehead atoms. The number of halogens is 3. The van der Waals surface area contributed by atoms with E-state index < -0.39 is 23.8 Å². The molecule has 1 aromatic heterocycles. The molecular weight excluding hydrogens is 235 g/mol. The van der Waals surface area contributed by atoms with Gasteiger partial charge < -0.3 is 4.74 Å². The predicted molar refractivity (Wildman–Crippen MR) is 54.2 cm³/mol. The molecule has 0 aliphatic carbocycles. The van der Waals surface area contributed by atoms with E-state index in [1.54, 1.807) is 6.92 Å². The molecule has 3 nitrogen and oxygen atoms in total. The fourth-order valence-corrected chi connectivity index (χ4v) is 1.32. The molecule has 0 atom stereocenters. The third-order valence-electron chi connectivity index (χ3n) is 2.12. The zero-order valence-electron chi connectivity index (χ0n) is 9.47. The largest absolute Gasteiger partial charge is 0.466 e. The minimum atomic E-state index is -2.87. The van der Waals surface area contributed by atoms with Crippen LogP contribution in [0.2, 0.25) is 0 Å². The minimum Gasteiger partial charge on any atom is -0.466 e. The summed E-state index contributed by atoms with van der Waals surface area (Å²) in [6.45, 7) is 3.11. The van der Waals surface area contributed by atoms with Gasteiger partial charge in [-0.25, -0.2) is 13.2 Å². The fraction of sp³-hybridized carbons (Fsp3) is 0.455. The third kappa shape index (κ3) is 3.44. The average Bonchev–Trinajstić information content (AvgIpc) is 2.23. The van der Waals surface area contributed by atoms with Crippen molar-refractivity contribution in [2.45, 2.75) is 26.7 Å². The number of carbonyl (C=O) groups is 1. The van der Waals surface area contributed by atoms with Gasteiger partial charge in [0.15, 0.2) is 0 Å². The van der Waals surface area contributed by atoms with Crippen LogP contribution in [0, 0.1) is 12.7 Å². The number of hydrogen-bond acceptors (Lipinski definition) is 3. The van der Waals surface area contributed by atoms with E-state index in [0.29, 0.717) is 6.07 Å². The number of carbonyl (C=O) groups excluding carboxylic acids is 1. The molecule has 0 spiro atoms. The number of rotatable bonds is 4. The van der Waals surface area contributed by atoms with E-state index in [0.717, 1.165) is 0 Å². The molecule has 6 heteroatoms. The monoisotopic (exact) mass is 247 g/mol. The summed E-state index contributed by atoms with van der Waals surface area (Å²) in [4.78, 5) is 14.8. The second-order valence-corrected chi connectivity index (χ2v) is 3.37. The second-order valence-electron chi connectivity index (χ2n) is 3.37. The van der Waals surface area contributed by atoms with Gasteiger partial charge in [-0.2, -0.15) is 0 Å². The Morgan fingerprint density at radius 1 is 1.53 bits per heavy atom. The number of alkyl halides is 2. The van der Waals surface area contributed by atoms with Gasteiger partial charge in [-0.1, -0.05) is 0 Å². The summed E-state index contributed by atoms with van der Waals surface area (Å²) in [5, 5.41) is 0. The molecular formula is C11H12F3NO2. The van der Waals surface area contributed by atoms with Gasteiger partial charge in [0.25, 0.3) is 6.43 Å². The van der Waals surface area contributed by atoms with Gasteiger partial charge in [0.1, 0.15) is 5.82 Å². The Labute approximate surface area is 96.6 Å². The van der Waals surface area contributed by atoms with E-state index in [1.807, 2.05) is 0 Å². The lowest BCUT2D eigenvalue weighted by atomic mass is 10.1. The minimum absolute atomic E-state index is 0.0197. The highest BCUT2D eigenvalue weighted by molar-refractivity contribution is 5.72. The lowest BCUT2D eigenvalue weighted by molar-refractivity contribution is -0.142. The average molecular weight is 247 g/mol. The summed E-state index contributed by atoms with van der Waals surface area (Å²) in [5.41, 5.74) is -0.729. The van der Waals surface area contributed by atoms with Crippen molar-refractivity contribution in [3.05, 3.63) is 28.8 Å². The van der Waals surface area contributed by atoms with Crippen molar-refractivity contribution >= 4 is 5.97 Å². The topological polar surface area (TPSA) is 39.2 Å². The fourth-order valence-electron chi connectivity index (χ4n) is 1.32. The molecule has 94 valence electrons. The van der Waals surface area contributed by atoms with E-state index in [2.05, 4.69) is 9.72 Å². The Balaban J connectivity index is 3.04. The highest BCUT2D eigenvalue weighted by Gasteiger charge is 2.19. The Bertz CT molecular complexity index is 421. The number of pyridine rings is 1. The molecule has 0 aliphatic heterocycles. The highest BCUT2D eigenvalue weighted by atomic mass is 19.3. The number of ether oxygens (including phenoxy) is 1. The molecule has 0 unspecified atom stereocenters. The van der Waals surface area contributed by atoms with Gasteiger partial charge in [-0.15, -0.1) is 0 Å². The van der Waals surface area contributed by atoms with Crippen LogP contribution >= 0.6 is 0 Å². The van der Waals surface area contributed by atoms with E-state index in [9.17, 15) is 18.0 Å². The molecule has 0 radical (unpaired) electrons. The Kier molecular flexibility index (Phi) is 4.48. The maximum Gasteiger partial charge on any atom is 0.311 e. The second kappa shape index (κ2) is 5.65. The van der Waals surface area contributed by atoms with Gasteiger partial charge in [-0.05, 0) is 19.9 Å². The summed E-state index contributed by atoms with van der Waals surface area (Å²) in [6, 6.07) is 0.710. The molecule has 0 saturated heterocycles. The summed E-state index contributed by atoms with van der Waals surface area (Å²) in [7, 11) is 0. The first-order valence-corrected chi connectivity index (χ1v) is 5.05. The van der Waals surface area contributed by atoms with E-state index >= 15 is 0 Å². The molecule has 0 fully saturated rings. The first kappa shape index (κ1) is 13.5. The van der Waals surface area contributed by atoms with Gasteiger partial charge in [0, 0.05) is 5.56 Å². The Morgan fingerprint density at radius 3 is 2.71 bits per heavy atom. The van der Waals surface area contributed by atoms with Crippen molar-refractivity contribution in [3.63, 3.8) is 0 Å². The number of aromatic nitrogens is 1. The molecule has 1 rings (SSSR count). The van der Waals surface area contributed by atoms with Crippen LogP contribution in [0.25, 0.3) is 0 Å². The van der Waals surface area contributed by atoms with Crippen molar-refractivity contribution in [1.29, 1.82) is 0 Å². The van der Waals surface area contributed by atoms with Gasteiger partial charge in [0.05, 0.1) is 24.4 Å². The first-order chi connectivity index (χ1) is 7.95. The molecule has 17 heavy (non-hydrogen) atoms. The van der Waals surface area contributed by atoms with Gasteiger partial charge >= 0.3 is 5.97 Å². The summed E-state index contributed by atoms with van der Waals surface area (Å²) >= 11 is 0.